The van der Waals surface area contributed by atoms with Crippen LogP contribution in [-0.2, 0) is 14.8 Å². The van der Waals surface area contributed by atoms with Crippen molar-refractivity contribution in [3.8, 4) is 0 Å². The molecule has 2 aliphatic heterocycles. The largest absolute Gasteiger partial charge is 0.331 e. The number of hydrogen-bond donors (Lipinski definition) is 0. The molecule has 0 aromatic heterocycles. The maximum atomic E-state index is 13.7. The van der Waals surface area contributed by atoms with Crippen LogP contribution in [0.4, 0.5) is 0 Å². The van der Waals surface area contributed by atoms with Gasteiger partial charge in [-0.3, -0.25) is 4.79 Å². The zero-order valence-electron chi connectivity index (χ0n) is 17.3. The van der Waals surface area contributed by atoms with Gasteiger partial charge in [-0.05, 0) is 49.8 Å². The molecule has 2 aliphatic rings. The Morgan fingerprint density at radius 3 is 2.59 bits per heavy atom. The minimum absolute atomic E-state index is 0.0760. The molecule has 3 rings (SSSR count). The Morgan fingerprint density at radius 2 is 2.03 bits per heavy atom. The number of carbonyl (C=O) groups is 1. The van der Waals surface area contributed by atoms with Crippen LogP contribution >= 0.6 is 11.6 Å². The van der Waals surface area contributed by atoms with E-state index in [-0.39, 0.29) is 23.7 Å². The Bertz CT molecular complexity index is 855. The van der Waals surface area contributed by atoms with E-state index in [1.54, 1.807) is 4.31 Å². The van der Waals surface area contributed by atoms with Crippen LogP contribution in [0.5, 0.6) is 0 Å². The molecule has 5 nitrogen and oxygen atoms in total. The number of carbonyl (C=O) groups excluding carboxylic acids is 1. The topological polar surface area (TPSA) is 57.7 Å². The van der Waals surface area contributed by atoms with Crippen LogP contribution in [0.2, 0.25) is 5.02 Å². The third kappa shape index (κ3) is 4.54. The van der Waals surface area contributed by atoms with Gasteiger partial charge in [0, 0.05) is 24.2 Å². The zero-order chi connectivity index (χ0) is 21.2. The summed E-state index contributed by atoms with van der Waals surface area (Å²) in [6.07, 6.45) is 5.40. The van der Waals surface area contributed by atoms with Crippen LogP contribution < -0.4 is 0 Å². The molecule has 7 heteroatoms. The number of halogens is 1. The van der Waals surface area contributed by atoms with Gasteiger partial charge in [0.05, 0.1) is 17.2 Å². The van der Waals surface area contributed by atoms with Gasteiger partial charge in [0.1, 0.15) is 0 Å². The second-order valence-electron chi connectivity index (χ2n) is 8.46. The Morgan fingerprint density at radius 1 is 1.34 bits per heavy atom. The fraction of sp³-hybridized carbons (Fsp3) is 0.591. The molecule has 1 aromatic carbocycles. The first kappa shape index (κ1) is 22.3. The molecule has 160 valence electrons. The van der Waals surface area contributed by atoms with Crippen LogP contribution in [0.25, 0.3) is 0 Å². The molecule has 1 aromatic rings. The molecule has 0 saturated carbocycles. The highest BCUT2D eigenvalue weighted by Crippen LogP contribution is 2.44. The molecule has 2 fully saturated rings. The fourth-order valence-electron chi connectivity index (χ4n) is 4.64. The highest BCUT2D eigenvalue weighted by Gasteiger charge is 2.46. The summed E-state index contributed by atoms with van der Waals surface area (Å²) in [6, 6.07) is 7.41. The summed E-state index contributed by atoms with van der Waals surface area (Å²) in [5.74, 6) is 0.290. The lowest BCUT2D eigenvalue weighted by atomic mass is 9.74. The third-order valence-corrected chi connectivity index (χ3v) is 8.56. The van der Waals surface area contributed by atoms with Crippen molar-refractivity contribution < 1.29 is 13.2 Å². The SMILES string of the molecule is C=CC[C@@]1(C)CCC(c2ccc(Cl)cc2)N(C(CC)CN2CCCS2(=O)=O)C1=O. The maximum absolute atomic E-state index is 13.7. The summed E-state index contributed by atoms with van der Waals surface area (Å²) in [5.41, 5.74) is 0.549. The lowest BCUT2D eigenvalue weighted by Gasteiger charge is -2.48. The Balaban J connectivity index is 1.96. The van der Waals surface area contributed by atoms with E-state index in [0.29, 0.717) is 37.4 Å². The summed E-state index contributed by atoms with van der Waals surface area (Å²) in [4.78, 5) is 15.7. The lowest BCUT2D eigenvalue weighted by Crippen LogP contribution is -2.55. The first-order chi connectivity index (χ1) is 13.7. The van der Waals surface area contributed by atoms with E-state index < -0.39 is 15.4 Å². The van der Waals surface area contributed by atoms with Crippen LogP contribution in [0.1, 0.15) is 57.6 Å². The van der Waals surface area contributed by atoms with Crippen LogP contribution in [0, 0.1) is 5.41 Å². The molecule has 1 amide bonds. The molecule has 0 spiro atoms. The fourth-order valence-corrected chi connectivity index (χ4v) is 6.32. The molecule has 0 N–H and O–H groups in total. The highest BCUT2D eigenvalue weighted by atomic mass is 35.5. The number of nitrogens with zero attached hydrogens (tertiary/aromatic N) is 2. The number of likely N-dealkylation sites (tertiary alicyclic amines) is 1. The number of hydrogen-bond acceptors (Lipinski definition) is 3. The van der Waals surface area contributed by atoms with Gasteiger partial charge >= 0.3 is 0 Å². The lowest BCUT2D eigenvalue weighted by molar-refractivity contribution is -0.153. The van der Waals surface area contributed by atoms with E-state index in [4.69, 9.17) is 11.6 Å². The molecule has 0 aliphatic carbocycles. The van der Waals surface area contributed by atoms with Crippen LogP contribution in [0.3, 0.4) is 0 Å². The number of sulfonamides is 1. The quantitative estimate of drug-likeness (QED) is 0.593. The predicted molar refractivity (Wildman–Crippen MR) is 117 cm³/mol. The Kier molecular flexibility index (Phi) is 6.76. The highest BCUT2D eigenvalue weighted by molar-refractivity contribution is 7.89. The summed E-state index contributed by atoms with van der Waals surface area (Å²) in [6.45, 7) is 8.77. The summed E-state index contributed by atoms with van der Waals surface area (Å²) in [5, 5.41) is 0.661. The van der Waals surface area contributed by atoms with Gasteiger partial charge in [-0.25, -0.2) is 8.42 Å². The van der Waals surface area contributed by atoms with Crippen molar-refractivity contribution in [2.75, 3.05) is 18.8 Å². The standard InChI is InChI=1S/C22H31ClN2O3S/c1-4-12-22(3)13-11-20(17-7-9-18(23)10-8-17)25(21(22)26)19(5-2)16-24-14-6-15-29(24,27)28/h4,7-10,19-20H,1,5-6,11-16H2,2-3H3/t19?,20?,22-/m0/s1. The van der Waals surface area contributed by atoms with Crippen molar-refractivity contribution in [3.05, 3.63) is 47.5 Å². The monoisotopic (exact) mass is 438 g/mol. The van der Waals surface area contributed by atoms with Gasteiger partial charge in [0.2, 0.25) is 15.9 Å². The van der Waals surface area contributed by atoms with Crippen LogP contribution in [-0.4, -0.2) is 48.4 Å². The number of amides is 1. The number of benzene rings is 1. The average Bonchev–Trinajstić information content (AvgIpc) is 3.01. The second kappa shape index (κ2) is 8.78. The Hall–Kier alpha value is -1.37. The molecule has 3 atom stereocenters. The van der Waals surface area contributed by atoms with Crippen molar-refractivity contribution in [1.29, 1.82) is 0 Å². The first-order valence-corrected chi connectivity index (χ1v) is 12.4. The van der Waals surface area contributed by atoms with Crippen LogP contribution in [0.15, 0.2) is 36.9 Å². The molecule has 2 saturated heterocycles. The minimum atomic E-state index is -3.21. The van der Waals surface area contributed by atoms with E-state index in [2.05, 4.69) is 6.58 Å². The van der Waals surface area contributed by atoms with Gasteiger partial charge in [-0.1, -0.05) is 43.7 Å². The zero-order valence-corrected chi connectivity index (χ0v) is 18.9. The number of rotatable bonds is 7. The van der Waals surface area contributed by atoms with Gasteiger partial charge < -0.3 is 4.90 Å². The normalized spacial score (nSPS) is 28.4. The molecule has 0 bridgehead atoms. The van der Waals surface area contributed by atoms with Gasteiger partial charge in [0.25, 0.3) is 0 Å². The second-order valence-corrected chi connectivity index (χ2v) is 11.0. The van der Waals surface area contributed by atoms with Crippen molar-refractivity contribution in [2.24, 2.45) is 5.41 Å². The van der Waals surface area contributed by atoms with Crippen molar-refractivity contribution >= 4 is 27.5 Å². The number of piperidine rings is 1. The first-order valence-electron chi connectivity index (χ1n) is 10.4. The smallest absolute Gasteiger partial charge is 0.229 e. The molecule has 2 unspecified atom stereocenters. The Labute approximate surface area is 179 Å². The van der Waals surface area contributed by atoms with E-state index in [0.717, 1.165) is 18.4 Å². The summed E-state index contributed by atoms with van der Waals surface area (Å²) >= 11 is 6.07. The molecule has 29 heavy (non-hydrogen) atoms. The molecular formula is C22H31ClN2O3S. The predicted octanol–water partition coefficient (Wildman–Crippen LogP) is 4.40. The van der Waals surface area contributed by atoms with Gasteiger partial charge in [0.15, 0.2) is 0 Å². The molecule has 0 radical (unpaired) electrons. The van der Waals surface area contributed by atoms with Gasteiger partial charge in [-0.2, -0.15) is 4.31 Å². The molecule has 2 heterocycles. The summed E-state index contributed by atoms with van der Waals surface area (Å²) < 4.78 is 26.3. The van der Waals surface area contributed by atoms with E-state index >= 15 is 0 Å². The average molecular weight is 439 g/mol. The number of allylic oxidation sites excluding steroid dienone is 1. The third-order valence-electron chi connectivity index (χ3n) is 6.39. The summed E-state index contributed by atoms with van der Waals surface area (Å²) in [7, 11) is -3.21. The van der Waals surface area contributed by atoms with Crippen molar-refractivity contribution in [2.45, 2.75) is 58.0 Å². The van der Waals surface area contributed by atoms with Crippen molar-refractivity contribution in [3.63, 3.8) is 0 Å². The van der Waals surface area contributed by atoms with E-state index in [1.165, 1.54) is 0 Å². The minimum Gasteiger partial charge on any atom is -0.331 e. The van der Waals surface area contributed by atoms with Gasteiger partial charge in [-0.15, -0.1) is 6.58 Å². The maximum Gasteiger partial charge on any atom is 0.229 e. The van der Waals surface area contributed by atoms with E-state index in [9.17, 15) is 13.2 Å². The van der Waals surface area contributed by atoms with Crippen molar-refractivity contribution in [1.82, 2.24) is 9.21 Å². The van der Waals surface area contributed by atoms with E-state index in [1.807, 2.05) is 49.1 Å². The molecular weight excluding hydrogens is 408 g/mol.